The van der Waals surface area contributed by atoms with Crippen LogP contribution in [0.5, 0.6) is 11.5 Å². The normalized spacial score (nSPS) is 20.6. The number of rotatable bonds is 3. The summed E-state index contributed by atoms with van der Waals surface area (Å²) in [6.07, 6.45) is 1.12. The maximum Gasteiger partial charge on any atom is 0.262 e. The molecule has 1 fully saturated rings. The summed E-state index contributed by atoms with van der Waals surface area (Å²) in [6.45, 7) is 3.33. The second kappa shape index (κ2) is 6.44. The first kappa shape index (κ1) is 17.9. The maximum atomic E-state index is 13.2. The van der Waals surface area contributed by atoms with Crippen LogP contribution in [0.15, 0.2) is 16.9 Å². The van der Waals surface area contributed by atoms with Gasteiger partial charge >= 0.3 is 0 Å². The second-order valence-corrected chi connectivity index (χ2v) is 6.53. The number of methoxy groups -OCH3 is 2. The minimum atomic E-state index is -1.19. The summed E-state index contributed by atoms with van der Waals surface area (Å²) in [5.74, 6) is 0.436. The van der Waals surface area contributed by atoms with Crippen molar-refractivity contribution >= 4 is 22.7 Å². The Balaban J connectivity index is 2.28. The number of ether oxygens (including phenoxy) is 2. The maximum absolute atomic E-state index is 13.2. The van der Waals surface area contributed by atoms with Crippen LogP contribution >= 0.6 is 0 Å². The lowest BCUT2D eigenvalue weighted by molar-refractivity contribution is -0.134. The van der Waals surface area contributed by atoms with Crippen molar-refractivity contribution < 1.29 is 19.1 Å². The Bertz CT molecular complexity index is 965. The van der Waals surface area contributed by atoms with Gasteiger partial charge in [-0.2, -0.15) is 0 Å². The Hall–Kier alpha value is -2.90. The first-order chi connectivity index (χ1) is 12.3. The zero-order valence-corrected chi connectivity index (χ0v) is 15.2. The van der Waals surface area contributed by atoms with Gasteiger partial charge in [-0.05, 0) is 32.8 Å². The van der Waals surface area contributed by atoms with Gasteiger partial charge in [-0.25, -0.2) is 4.98 Å². The molecule has 1 aromatic carbocycles. The van der Waals surface area contributed by atoms with Crippen LogP contribution in [-0.2, 0) is 15.1 Å². The Kier molecular flexibility index (Phi) is 4.43. The molecule has 8 nitrogen and oxygen atoms in total. The van der Waals surface area contributed by atoms with Crippen LogP contribution in [-0.4, -0.2) is 35.6 Å². The molecular weight excluding hydrogens is 338 g/mol. The number of hydrogen-bond donors (Lipinski definition) is 1. The first-order valence-corrected chi connectivity index (χ1v) is 8.32. The van der Waals surface area contributed by atoms with Gasteiger partial charge in [0.05, 0.1) is 25.1 Å². The lowest BCUT2D eigenvalue weighted by Crippen LogP contribution is -2.51. The molecule has 2 heterocycles. The van der Waals surface area contributed by atoms with E-state index in [0.29, 0.717) is 41.1 Å². The molecule has 3 rings (SSSR count). The zero-order chi connectivity index (χ0) is 19.1. The Morgan fingerprint density at radius 2 is 1.81 bits per heavy atom. The summed E-state index contributed by atoms with van der Waals surface area (Å²) in [7, 11) is 2.99. The van der Waals surface area contributed by atoms with Gasteiger partial charge in [0.15, 0.2) is 11.5 Å². The number of benzene rings is 1. The predicted octanol–water partition coefficient (Wildman–Crippen LogP) is 1.26. The molecule has 1 saturated heterocycles. The average Bonchev–Trinajstić information content (AvgIpc) is 2.72. The smallest absolute Gasteiger partial charge is 0.262 e. The van der Waals surface area contributed by atoms with Crippen LogP contribution in [0.25, 0.3) is 10.9 Å². The SMILES string of the molecule is COc1cc2nc(C)n(C3(C)CCCC(=O)NC3=O)c(=O)c2cc1OC. The fourth-order valence-corrected chi connectivity index (χ4v) is 3.45. The molecule has 0 spiro atoms. The fraction of sp³-hybridized carbons (Fsp3) is 0.444. The number of imide groups is 1. The third-order valence-corrected chi connectivity index (χ3v) is 4.84. The number of amides is 2. The molecule has 2 aromatic rings. The summed E-state index contributed by atoms with van der Waals surface area (Å²) < 4.78 is 11.9. The monoisotopic (exact) mass is 359 g/mol. The Labute approximate surface area is 150 Å². The van der Waals surface area contributed by atoms with E-state index in [2.05, 4.69) is 10.3 Å². The predicted molar refractivity (Wildman–Crippen MR) is 94.5 cm³/mol. The highest BCUT2D eigenvalue weighted by atomic mass is 16.5. The molecule has 1 aliphatic heterocycles. The van der Waals surface area contributed by atoms with Gasteiger partial charge in [-0.1, -0.05) is 0 Å². The fourth-order valence-electron chi connectivity index (χ4n) is 3.45. The molecule has 26 heavy (non-hydrogen) atoms. The molecule has 1 atom stereocenters. The molecule has 1 unspecified atom stereocenters. The molecule has 0 saturated carbocycles. The standard InChI is InChI=1S/C18H21N3O5/c1-10-19-12-9-14(26-4)13(25-3)8-11(12)16(23)21(10)18(2)7-5-6-15(22)20-17(18)24/h8-9H,5-7H2,1-4H3,(H,20,22,24). The number of nitrogens with one attached hydrogen (secondary N) is 1. The van der Waals surface area contributed by atoms with Crippen LogP contribution in [0.1, 0.15) is 32.0 Å². The number of carbonyl (C=O) groups excluding carboxylic acids is 2. The van der Waals surface area contributed by atoms with E-state index in [4.69, 9.17) is 9.47 Å². The van der Waals surface area contributed by atoms with E-state index >= 15 is 0 Å². The highest BCUT2D eigenvalue weighted by Gasteiger charge is 2.40. The third kappa shape index (κ3) is 2.71. The molecule has 8 heteroatoms. The molecular formula is C18H21N3O5. The van der Waals surface area contributed by atoms with Gasteiger partial charge in [0, 0.05) is 12.5 Å². The van der Waals surface area contributed by atoms with Crippen LogP contribution in [0.4, 0.5) is 0 Å². The first-order valence-electron chi connectivity index (χ1n) is 8.32. The molecule has 1 N–H and O–H groups in total. The lowest BCUT2D eigenvalue weighted by atomic mass is 9.94. The number of hydrogen-bond acceptors (Lipinski definition) is 6. The van der Waals surface area contributed by atoms with Gasteiger partial charge < -0.3 is 9.47 Å². The van der Waals surface area contributed by atoms with Crippen molar-refractivity contribution in [3.8, 4) is 11.5 Å². The van der Waals surface area contributed by atoms with Crippen molar-refractivity contribution in [2.24, 2.45) is 0 Å². The largest absolute Gasteiger partial charge is 0.493 e. The summed E-state index contributed by atoms with van der Waals surface area (Å²) in [6, 6.07) is 3.19. The number of aryl methyl sites for hydroxylation is 1. The van der Waals surface area contributed by atoms with Crippen molar-refractivity contribution in [2.75, 3.05) is 14.2 Å². The third-order valence-electron chi connectivity index (χ3n) is 4.84. The molecule has 138 valence electrons. The number of carbonyl (C=O) groups is 2. The van der Waals surface area contributed by atoms with E-state index in [1.165, 1.54) is 18.8 Å². The van der Waals surface area contributed by atoms with Gasteiger partial charge in [0.25, 0.3) is 11.5 Å². The summed E-state index contributed by atoms with van der Waals surface area (Å²) in [5.41, 5.74) is -1.10. The second-order valence-electron chi connectivity index (χ2n) is 6.53. The summed E-state index contributed by atoms with van der Waals surface area (Å²) >= 11 is 0. The Morgan fingerprint density at radius 3 is 2.46 bits per heavy atom. The van der Waals surface area contributed by atoms with Gasteiger partial charge in [0.1, 0.15) is 11.4 Å². The van der Waals surface area contributed by atoms with E-state index < -0.39 is 11.4 Å². The summed E-state index contributed by atoms with van der Waals surface area (Å²) in [4.78, 5) is 42.0. The van der Waals surface area contributed by atoms with Crippen LogP contribution < -0.4 is 20.3 Å². The van der Waals surface area contributed by atoms with Crippen molar-refractivity contribution in [3.63, 3.8) is 0 Å². The Morgan fingerprint density at radius 1 is 1.15 bits per heavy atom. The quantitative estimate of drug-likeness (QED) is 0.829. The number of fused-ring (bicyclic) bond motifs is 1. The molecule has 1 aliphatic rings. The van der Waals surface area contributed by atoms with Gasteiger partial charge in [-0.3, -0.25) is 24.3 Å². The highest BCUT2D eigenvalue weighted by molar-refractivity contribution is 5.99. The van der Waals surface area contributed by atoms with Crippen LogP contribution in [0, 0.1) is 6.92 Å². The molecule has 2 amide bonds. The molecule has 0 radical (unpaired) electrons. The van der Waals surface area contributed by atoms with E-state index in [1.807, 2.05) is 0 Å². The van der Waals surface area contributed by atoms with E-state index in [9.17, 15) is 14.4 Å². The van der Waals surface area contributed by atoms with Gasteiger partial charge in [-0.15, -0.1) is 0 Å². The number of nitrogens with zero attached hydrogens (tertiary/aromatic N) is 2. The van der Waals surface area contributed by atoms with E-state index in [1.54, 1.807) is 26.0 Å². The van der Waals surface area contributed by atoms with E-state index in [-0.39, 0.29) is 17.9 Å². The van der Waals surface area contributed by atoms with Gasteiger partial charge in [0.2, 0.25) is 5.91 Å². The minimum Gasteiger partial charge on any atom is -0.493 e. The minimum absolute atomic E-state index is 0.251. The van der Waals surface area contributed by atoms with E-state index in [0.717, 1.165) is 0 Å². The molecule has 0 aliphatic carbocycles. The summed E-state index contributed by atoms with van der Waals surface area (Å²) in [5, 5.41) is 2.68. The highest BCUT2D eigenvalue weighted by Crippen LogP contribution is 2.32. The van der Waals surface area contributed by atoms with Crippen molar-refractivity contribution in [3.05, 3.63) is 28.3 Å². The van der Waals surface area contributed by atoms with Crippen molar-refractivity contribution in [1.82, 2.24) is 14.9 Å². The lowest BCUT2D eigenvalue weighted by Gasteiger charge is -2.30. The molecule has 1 aromatic heterocycles. The topological polar surface area (TPSA) is 99.5 Å². The van der Waals surface area contributed by atoms with Crippen molar-refractivity contribution in [2.45, 2.75) is 38.6 Å². The van der Waals surface area contributed by atoms with Crippen LogP contribution in [0.2, 0.25) is 0 Å². The zero-order valence-electron chi connectivity index (χ0n) is 15.2. The molecule has 0 bridgehead atoms. The number of aromatic nitrogens is 2. The van der Waals surface area contributed by atoms with Crippen molar-refractivity contribution in [1.29, 1.82) is 0 Å². The average molecular weight is 359 g/mol. The van der Waals surface area contributed by atoms with Crippen LogP contribution in [0.3, 0.4) is 0 Å².